The molecule has 3 heterocycles. The number of hydrogen-bond donors (Lipinski definition) is 0. The normalized spacial score (nSPS) is 28.7. The summed E-state index contributed by atoms with van der Waals surface area (Å²) in [6, 6.07) is 7.27. The standard InChI is InChI=1S/C19H25N3O2/c1-3-24-18(23)21-10-7-15-14(11-21)13-5-4-6-16-17(13)22(15)12-19(8-9-19)20(16)2/h4-6,14-15H,3,7-12H2,1-2H3/t14?,15-/m0/s1. The van der Waals surface area contributed by atoms with Gasteiger partial charge in [0.1, 0.15) is 0 Å². The van der Waals surface area contributed by atoms with Crippen molar-refractivity contribution in [2.24, 2.45) is 0 Å². The van der Waals surface area contributed by atoms with Crippen molar-refractivity contribution in [1.82, 2.24) is 4.90 Å². The van der Waals surface area contributed by atoms with Crippen LogP contribution < -0.4 is 9.80 Å². The lowest BCUT2D eigenvalue weighted by Gasteiger charge is -2.45. The third-order valence-corrected chi connectivity index (χ3v) is 6.60. The van der Waals surface area contributed by atoms with Gasteiger partial charge in [-0.1, -0.05) is 12.1 Å². The van der Waals surface area contributed by atoms with Gasteiger partial charge in [-0.15, -0.1) is 0 Å². The molecule has 1 aromatic rings. The van der Waals surface area contributed by atoms with E-state index in [1.807, 2.05) is 11.8 Å². The number of benzene rings is 1. The van der Waals surface area contributed by atoms with Crippen molar-refractivity contribution >= 4 is 17.5 Å². The van der Waals surface area contributed by atoms with E-state index in [0.717, 1.165) is 26.1 Å². The van der Waals surface area contributed by atoms with E-state index in [9.17, 15) is 4.79 Å². The van der Waals surface area contributed by atoms with Gasteiger partial charge in [0.15, 0.2) is 0 Å². The summed E-state index contributed by atoms with van der Waals surface area (Å²) in [6.45, 7) is 5.06. The topological polar surface area (TPSA) is 36.0 Å². The van der Waals surface area contributed by atoms with Crippen molar-refractivity contribution in [3.63, 3.8) is 0 Å². The minimum absolute atomic E-state index is 0.155. The number of anilines is 2. The van der Waals surface area contributed by atoms with Gasteiger partial charge in [-0.2, -0.15) is 0 Å². The third-order valence-electron chi connectivity index (χ3n) is 6.60. The minimum atomic E-state index is -0.155. The van der Waals surface area contributed by atoms with Gasteiger partial charge in [-0.05, 0) is 37.8 Å². The van der Waals surface area contributed by atoms with Crippen LogP contribution in [0, 0.1) is 0 Å². The van der Waals surface area contributed by atoms with Gasteiger partial charge < -0.3 is 19.4 Å². The van der Waals surface area contributed by atoms with Crippen LogP contribution in [0.3, 0.4) is 0 Å². The maximum absolute atomic E-state index is 12.2. The Morgan fingerprint density at radius 1 is 1.38 bits per heavy atom. The molecule has 1 unspecified atom stereocenters. The summed E-state index contributed by atoms with van der Waals surface area (Å²) in [5.74, 6) is 0.417. The number of amides is 1. The molecule has 1 saturated carbocycles. The van der Waals surface area contributed by atoms with Gasteiger partial charge in [0, 0.05) is 38.6 Å². The summed E-state index contributed by atoms with van der Waals surface area (Å²) in [7, 11) is 2.26. The fourth-order valence-corrected chi connectivity index (χ4v) is 5.11. The van der Waals surface area contributed by atoms with Gasteiger partial charge >= 0.3 is 6.09 Å². The molecule has 3 aliphatic heterocycles. The number of likely N-dealkylation sites (tertiary alicyclic amines) is 1. The summed E-state index contributed by atoms with van der Waals surface area (Å²) < 4.78 is 5.23. The summed E-state index contributed by atoms with van der Waals surface area (Å²) in [5, 5.41) is 0. The van der Waals surface area contributed by atoms with Gasteiger partial charge in [0.2, 0.25) is 0 Å². The quantitative estimate of drug-likeness (QED) is 0.795. The van der Waals surface area contributed by atoms with E-state index in [1.165, 1.54) is 29.8 Å². The second-order valence-corrected chi connectivity index (χ2v) is 7.73. The first-order valence-corrected chi connectivity index (χ1v) is 9.20. The van der Waals surface area contributed by atoms with Crippen LogP contribution >= 0.6 is 0 Å². The van der Waals surface area contributed by atoms with E-state index in [4.69, 9.17) is 4.74 Å². The highest BCUT2D eigenvalue weighted by Gasteiger charge is 2.56. The van der Waals surface area contributed by atoms with Crippen molar-refractivity contribution in [2.75, 3.05) is 43.1 Å². The molecule has 1 amide bonds. The fraction of sp³-hybridized carbons (Fsp3) is 0.632. The Labute approximate surface area is 143 Å². The fourth-order valence-electron chi connectivity index (χ4n) is 5.11. The molecule has 1 spiro atoms. The molecule has 5 nitrogen and oxygen atoms in total. The Bertz CT molecular complexity index is 700. The lowest BCUT2D eigenvalue weighted by Crippen LogP contribution is -2.54. The van der Waals surface area contributed by atoms with Gasteiger partial charge in [0.25, 0.3) is 0 Å². The van der Waals surface area contributed by atoms with Crippen LogP contribution in [-0.2, 0) is 4.74 Å². The predicted molar refractivity (Wildman–Crippen MR) is 93.9 cm³/mol. The minimum Gasteiger partial charge on any atom is -0.450 e. The number of hydrogen-bond acceptors (Lipinski definition) is 4. The molecule has 2 fully saturated rings. The van der Waals surface area contributed by atoms with Crippen LogP contribution in [0.2, 0.25) is 0 Å². The molecule has 0 aromatic heterocycles. The van der Waals surface area contributed by atoms with E-state index in [-0.39, 0.29) is 6.09 Å². The highest BCUT2D eigenvalue weighted by atomic mass is 16.6. The third kappa shape index (κ3) is 1.78. The zero-order valence-electron chi connectivity index (χ0n) is 14.5. The first-order chi connectivity index (χ1) is 11.6. The summed E-state index contributed by atoms with van der Waals surface area (Å²) >= 11 is 0. The summed E-state index contributed by atoms with van der Waals surface area (Å²) in [4.78, 5) is 19.3. The van der Waals surface area contributed by atoms with E-state index in [0.29, 0.717) is 24.1 Å². The van der Waals surface area contributed by atoms with Crippen LogP contribution in [0.25, 0.3) is 0 Å². The maximum atomic E-state index is 12.2. The average Bonchev–Trinajstić information content (AvgIpc) is 3.31. The molecule has 0 radical (unpaired) electrons. The molecule has 1 aromatic carbocycles. The Morgan fingerprint density at radius 2 is 2.21 bits per heavy atom. The van der Waals surface area contributed by atoms with Crippen molar-refractivity contribution in [3.8, 4) is 0 Å². The molecule has 2 atom stereocenters. The van der Waals surface area contributed by atoms with E-state index in [1.54, 1.807) is 0 Å². The highest BCUT2D eigenvalue weighted by Crippen LogP contribution is 2.57. The van der Waals surface area contributed by atoms with E-state index in [2.05, 4.69) is 35.0 Å². The molecular weight excluding hydrogens is 302 g/mol. The van der Waals surface area contributed by atoms with Crippen LogP contribution in [0.4, 0.5) is 16.2 Å². The molecule has 5 rings (SSSR count). The zero-order valence-corrected chi connectivity index (χ0v) is 14.5. The molecule has 1 aliphatic carbocycles. The average molecular weight is 327 g/mol. The molecule has 4 aliphatic rings. The van der Waals surface area contributed by atoms with Crippen molar-refractivity contribution in [1.29, 1.82) is 0 Å². The molecule has 0 bridgehead atoms. The lowest BCUT2D eigenvalue weighted by molar-refractivity contribution is 0.0932. The second-order valence-electron chi connectivity index (χ2n) is 7.73. The Balaban J connectivity index is 1.51. The Hall–Kier alpha value is -1.91. The molecule has 0 N–H and O–H groups in total. The number of carbonyl (C=O) groups excluding carboxylic acids is 1. The number of nitrogens with zero attached hydrogens (tertiary/aromatic N) is 3. The van der Waals surface area contributed by atoms with Crippen LogP contribution in [0.5, 0.6) is 0 Å². The van der Waals surface area contributed by atoms with Gasteiger partial charge in [0.05, 0.1) is 23.5 Å². The number of carbonyl (C=O) groups is 1. The van der Waals surface area contributed by atoms with Crippen LogP contribution in [0.15, 0.2) is 18.2 Å². The molecular formula is C19H25N3O2. The second kappa shape index (κ2) is 4.80. The number of piperidine rings is 1. The number of rotatable bonds is 1. The number of fused-ring (bicyclic) bond motifs is 3. The highest BCUT2D eigenvalue weighted by molar-refractivity contribution is 5.83. The first kappa shape index (κ1) is 14.4. The summed E-state index contributed by atoms with van der Waals surface area (Å²) in [5.41, 5.74) is 4.60. The smallest absolute Gasteiger partial charge is 0.409 e. The zero-order chi connectivity index (χ0) is 16.5. The van der Waals surface area contributed by atoms with Gasteiger partial charge in [-0.25, -0.2) is 4.79 Å². The Morgan fingerprint density at radius 3 is 2.96 bits per heavy atom. The largest absolute Gasteiger partial charge is 0.450 e. The lowest BCUT2D eigenvalue weighted by atomic mass is 9.89. The molecule has 24 heavy (non-hydrogen) atoms. The molecule has 1 saturated heterocycles. The molecule has 128 valence electrons. The van der Waals surface area contributed by atoms with Crippen LogP contribution in [-0.4, -0.2) is 55.9 Å². The number of ether oxygens (including phenoxy) is 1. The van der Waals surface area contributed by atoms with E-state index >= 15 is 0 Å². The van der Waals surface area contributed by atoms with Crippen LogP contribution in [0.1, 0.15) is 37.7 Å². The van der Waals surface area contributed by atoms with Crippen molar-refractivity contribution in [3.05, 3.63) is 23.8 Å². The van der Waals surface area contributed by atoms with E-state index < -0.39 is 0 Å². The predicted octanol–water partition coefficient (Wildman–Crippen LogP) is 2.80. The van der Waals surface area contributed by atoms with Gasteiger partial charge in [-0.3, -0.25) is 0 Å². The number of para-hydroxylation sites is 1. The van der Waals surface area contributed by atoms with Crippen molar-refractivity contribution in [2.45, 2.75) is 43.7 Å². The first-order valence-electron chi connectivity index (χ1n) is 9.20. The maximum Gasteiger partial charge on any atom is 0.409 e. The molecule has 5 heteroatoms. The SMILES string of the molecule is CCOC(=O)N1CC[C@H]2C(C1)c1cccc3c1N2CC1(CC1)N3C. The Kier molecular flexibility index (Phi) is 2.89. The monoisotopic (exact) mass is 327 g/mol. The summed E-state index contributed by atoms with van der Waals surface area (Å²) in [6.07, 6.45) is 3.49. The van der Waals surface area contributed by atoms with Crippen molar-refractivity contribution < 1.29 is 9.53 Å². The number of likely N-dealkylation sites (N-methyl/N-ethyl adjacent to an activating group) is 1.